The molecular formula is C18H21FN2O3S. The third-order valence-corrected chi connectivity index (χ3v) is 4.88. The van der Waals surface area contributed by atoms with Crippen molar-refractivity contribution in [3.05, 3.63) is 59.9 Å². The van der Waals surface area contributed by atoms with Crippen LogP contribution in [-0.2, 0) is 14.8 Å². The minimum Gasteiger partial charge on any atom is -0.324 e. The molecule has 0 fully saturated rings. The van der Waals surface area contributed by atoms with Gasteiger partial charge in [0.2, 0.25) is 15.9 Å². The van der Waals surface area contributed by atoms with Crippen LogP contribution in [0.4, 0.5) is 15.8 Å². The highest BCUT2D eigenvalue weighted by Crippen LogP contribution is 2.23. The Balaban J connectivity index is 2.36. The van der Waals surface area contributed by atoms with E-state index in [1.807, 2.05) is 13.0 Å². The standard InChI is InChI=1S/C18H21FN2O3S/c1-4-17(18(22)20-15-7-5-6-13(2)12-15)21(25(3,23)24)16-10-8-14(19)9-11-16/h5-12,17H,4H2,1-3H3,(H,20,22)/t17-/m1/s1. The van der Waals surface area contributed by atoms with E-state index in [2.05, 4.69) is 5.32 Å². The minimum atomic E-state index is -3.74. The average molecular weight is 364 g/mol. The van der Waals surface area contributed by atoms with Crippen LogP contribution in [0.5, 0.6) is 0 Å². The third-order valence-electron chi connectivity index (χ3n) is 3.70. The topological polar surface area (TPSA) is 66.5 Å². The Hall–Kier alpha value is -2.41. The molecule has 25 heavy (non-hydrogen) atoms. The number of benzene rings is 2. The summed E-state index contributed by atoms with van der Waals surface area (Å²) in [4.78, 5) is 12.7. The van der Waals surface area contributed by atoms with Crippen LogP contribution in [0, 0.1) is 12.7 Å². The van der Waals surface area contributed by atoms with Gasteiger partial charge in [0.05, 0.1) is 11.9 Å². The molecule has 0 spiro atoms. The van der Waals surface area contributed by atoms with Crippen LogP contribution in [0.1, 0.15) is 18.9 Å². The summed E-state index contributed by atoms with van der Waals surface area (Å²) in [5.41, 5.74) is 1.82. The van der Waals surface area contributed by atoms with Gasteiger partial charge in [0, 0.05) is 5.69 Å². The van der Waals surface area contributed by atoms with E-state index in [1.54, 1.807) is 25.1 Å². The Kier molecular flexibility index (Phi) is 5.79. The fourth-order valence-corrected chi connectivity index (χ4v) is 3.81. The Labute approximate surface area is 147 Å². The molecular weight excluding hydrogens is 343 g/mol. The van der Waals surface area contributed by atoms with Crippen LogP contribution >= 0.6 is 0 Å². The van der Waals surface area contributed by atoms with E-state index in [0.717, 1.165) is 16.1 Å². The summed E-state index contributed by atoms with van der Waals surface area (Å²) < 4.78 is 38.8. The number of nitrogens with one attached hydrogen (secondary N) is 1. The van der Waals surface area contributed by atoms with Gasteiger partial charge in [-0.3, -0.25) is 9.10 Å². The van der Waals surface area contributed by atoms with E-state index >= 15 is 0 Å². The van der Waals surface area contributed by atoms with Gasteiger partial charge in [0.25, 0.3) is 0 Å². The molecule has 0 heterocycles. The molecule has 1 N–H and O–H groups in total. The van der Waals surface area contributed by atoms with Crippen LogP contribution in [0.2, 0.25) is 0 Å². The fourth-order valence-electron chi connectivity index (χ4n) is 2.60. The molecule has 5 nitrogen and oxygen atoms in total. The molecule has 0 saturated heterocycles. The number of amides is 1. The molecule has 0 saturated carbocycles. The van der Waals surface area contributed by atoms with Crippen LogP contribution in [0.25, 0.3) is 0 Å². The SMILES string of the molecule is CC[C@H](C(=O)Nc1cccc(C)c1)N(c1ccc(F)cc1)S(C)(=O)=O. The van der Waals surface area contributed by atoms with Gasteiger partial charge < -0.3 is 5.32 Å². The maximum atomic E-state index is 13.2. The lowest BCUT2D eigenvalue weighted by Gasteiger charge is -2.30. The molecule has 1 atom stereocenters. The van der Waals surface area contributed by atoms with Gasteiger partial charge in [0.15, 0.2) is 0 Å². The molecule has 1 amide bonds. The number of aryl methyl sites for hydroxylation is 1. The number of hydrogen-bond donors (Lipinski definition) is 1. The minimum absolute atomic E-state index is 0.246. The zero-order chi connectivity index (χ0) is 18.6. The second-order valence-electron chi connectivity index (χ2n) is 5.82. The molecule has 2 rings (SSSR count). The number of carbonyl (C=O) groups excluding carboxylic acids is 1. The van der Waals surface area contributed by atoms with Crippen LogP contribution < -0.4 is 9.62 Å². The quantitative estimate of drug-likeness (QED) is 0.855. The van der Waals surface area contributed by atoms with Gasteiger partial charge in [-0.1, -0.05) is 19.1 Å². The zero-order valence-corrected chi connectivity index (χ0v) is 15.2. The molecule has 134 valence electrons. The van der Waals surface area contributed by atoms with Gasteiger partial charge in [-0.25, -0.2) is 12.8 Å². The summed E-state index contributed by atoms with van der Waals surface area (Å²) in [6, 6.07) is 11.3. The highest BCUT2D eigenvalue weighted by molar-refractivity contribution is 7.92. The van der Waals surface area contributed by atoms with E-state index < -0.39 is 27.8 Å². The summed E-state index contributed by atoms with van der Waals surface area (Å²) in [6.07, 6.45) is 1.29. The molecule has 0 aliphatic carbocycles. The van der Waals surface area contributed by atoms with Crippen molar-refractivity contribution < 1.29 is 17.6 Å². The summed E-state index contributed by atoms with van der Waals surface area (Å²) in [7, 11) is -3.74. The number of carbonyl (C=O) groups is 1. The fraction of sp³-hybridized carbons (Fsp3) is 0.278. The smallest absolute Gasteiger partial charge is 0.248 e. The molecule has 0 aromatic heterocycles. The Morgan fingerprint density at radius 3 is 2.36 bits per heavy atom. The summed E-state index contributed by atoms with van der Waals surface area (Å²) >= 11 is 0. The molecule has 0 radical (unpaired) electrons. The van der Waals surface area contributed by atoms with Gasteiger partial charge in [-0.05, 0) is 55.3 Å². The van der Waals surface area contributed by atoms with Crippen molar-refractivity contribution in [2.75, 3.05) is 15.9 Å². The van der Waals surface area contributed by atoms with Crippen molar-refractivity contribution in [1.29, 1.82) is 0 Å². The van der Waals surface area contributed by atoms with Crippen molar-refractivity contribution in [3.63, 3.8) is 0 Å². The number of nitrogens with zero attached hydrogens (tertiary/aromatic N) is 1. The van der Waals surface area contributed by atoms with Gasteiger partial charge in [-0.2, -0.15) is 0 Å². The van der Waals surface area contributed by atoms with Crippen molar-refractivity contribution >= 4 is 27.3 Å². The van der Waals surface area contributed by atoms with E-state index in [1.165, 1.54) is 24.3 Å². The monoisotopic (exact) mass is 364 g/mol. The molecule has 7 heteroatoms. The first-order valence-corrected chi connectivity index (χ1v) is 9.69. The van der Waals surface area contributed by atoms with Crippen LogP contribution in [0.15, 0.2) is 48.5 Å². The molecule has 0 bridgehead atoms. The largest absolute Gasteiger partial charge is 0.324 e. The van der Waals surface area contributed by atoms with E-state index in [9.17, 15) is 17.6 Å². The number of hydrogen-bond acceptors (Lipinski definition) is 3. The van der Waals surface area contributed by atoms with Crippen molar-refractivity contribution in [2.45, 2.75) is 26.3 Å². The van der Waals surface area contributed by atoms with Crippen LogP contribution in [0.3, 0.4) is 0 Å². The first-order chi connectivity index (χ1) is 11.7. The second kappa shape index (κ2) is 7.65. The normalized spacial score (nSPS) is 12.5. The van der Waals surface area contributed by atoms with Gasteiger partial charge >= 0.3 is 0 Å². The predicted octanol–water partition coefficient (Wildman–Crippen LogP) is 3.32. The van der Waals surface area contributed by atoms with Crippen molar-refractivity contribution in [3.8, 4) is 0 Å². The predicted molar refractivity (Wildman–Crippen MR) is 97.6 cm³/mol. The highest BCUT2D eigenvalue weighted by Gasteiger charge is 2.31. The molecule has 0 aliphatic heterocycles. The highest BCUT2D eigenvalue weighted by atomic mass is 32.2. The van der Waals surface area contributed by atoms with E-state index in [0.29, 0.717) is 5.69 Å². The molecule has 2 aromatic carbocycles. The summed E-state index contributed by atoms with van der Waals surface area (Å²) in [5, 5.41) is 2.75. The summed E-state index contributed by atoms with van der Waals surface area (Å²) in [5.74, 6) is -0.919. The Morgan fingerprint density at radius 1 is 1.20 bits per heavy atom. The van der Waals surface area contributed by atoms with E-state index in [-0.39, 0.29) is 12.1 Å². The lowest BCUT2D eigenvalue weighted by atomic mass is 10.1. The van der Waals surface area contributed by atoms with E-state index in [4.69, 9.17) is 0 Å². The van der Waals surface area contributed by atoms with Gasteiger partial charge in [0.1, 0.15) is 11.9 Å². The molecule has 0 aliphatic rings. The maximum Gasteiger partial charge on any atom is 0.248 e. The first kappa shape index (κ1) is 18.9. The molecule has 2 aromatic rings. The number of anilines is 2. The van der Waals surface area contributed by atoms with Crippen molar-refractivity contribution in [1.82, 2.24) is 0 Å². The first-order valence-electron chi connectivity index (χ1n) is 7.85. The zero-order valence-electron chi connectivity index (χ0n) is 14.4. The Bertz CT molecular complexity index is 851. The number of rotatable bonds is 6. The summed E-state index contributed by atoms with van der Waals surface area (Å²) in [6.45, 7) is 3.62. The third kappa shape index (κ3) is 4.79. The Morgan fingerprint density at radius 2 is 1.84 bits per heavy atom. The van der Waals surface area contributed by atoms with Crippen molar-refractivity contribution in [2.24, 2.45) is 0 Å². The molecule has 0 unspecified atom stereocenters. The van der Waals surface area contributed by atoms with Gasteiger partial charge in [-0.15, -0.1) is 0 Å². The maximum absolute atomic E-state index is 13.2. The second-order valence-corrected chi connectivity index (χ2v) is 7.68. The lowest BCUT2D eigenvalue weighted by molar-refractivity contribution is -0.117. The average Bonchev–Trinajstić information content (AvgIpc) is 2.52. The van der Waals surface area contributed by atoms with Crippen LogP contribution in [-0.4, -0.2) is 26.6 Å². The number of sulfonamides is 1. The lowest BCUT2D eigenvalue weighted by Crippen LogP contribution is -2.47. The number of halogens is 1.